The molecule has 4 nitrogen and oxygen atoms in total. The molecule has 1 aromatic rings. The summed E-state index contributed by atoms with van der Waals surface area (Å²) in [6.07, 6.45) is 5.36. The second kappa shape index (κ2) is 5.62. The Morgan fingerprint density at radius 2 is 2.62 bits per heavy atom. The highest BCUT2D eigenvalue weighted by atomic mass is 32.2. The Morgan fingerprint density at radius 1 is 1.77 bits per heavy atom. The summed E-state index contributed by atoms with van der Waals surface area (Å²) in [6.45, 7) is 1.22. The number of thiol groups is 1. The molecule has 0 spiro atoms. The lowest BCUT2D eigenvalue weighted by Crippen LogP contribution is -2.05. The highest BCUT2D eigenvalue weighted by Crippen LogP contribution is 1.94. The van der Waals surface area contributed by atoms with Crippen molar-refractivity contribution in [1.82, 2.24) is 9.55 Å². The number of nitrogens with zero attached hydrogens (tertiary/aromatic N) is 3. The van der Waals surface area contributed by atoms with Gasteiger partial charge in [0, 0.05) is 6.20 Å². The quantitative estimate of drug-likeness (QED) is 0.385. The molecule has 0 N–H and O–H groups in total. The first-order chi connectivity index (χ1) is 6.36. The summed E-state index contributed by atoms with van der Waals surface area (Å²) in [5.41, 5.74) is 0.428. The molecule has 1 heterocycles. The van der Waals surface area contributed by atoms with Crippen LogP contribution in [-0.4, -0.2) is 28.2 Å². The largest absolute Gasteiger partial charge is 0.356 e. The van der Waals surface area contributed by atoms with Crippen molar-refractivity contribution < 1.29 is 4.74 Å². The molecule has 0 saturated heterocycles. The summed E-state index contributed by atoms with van der Waals surface area (Å²) in [6, 6.07) is 1.96. The zero-order valence-corrected chi connectivity index (χ0v) is 8.37. The summed E-state index contributed by atoms with van der Waals surface area (Å²) >= 11 is 1.34. The lowest BCUT2D eigenvalue weighted by Gasteiger charge is -2.00. The van der Waals surface area contributed by atoms with Gasteiger partial charge in [0.15, 0.2) is 5.69 Å². The maximum Gasteiger partial charge on any atom is 0.158 e. The van der Waals surface area contributed by atoms with Crippen molar-refractivity contribution in [3.63, 3.8) is 0 Å². The minimum atomic E-state index is 0.428. The zero-order valence-electron chi connectivity index (χ0n) is 7.47. The molecule has 13 heavy (non-hydrogen) atoms. The standard InChI is InChI=1S/C8H11N3OS/c1-13-3-2-12-7-11-5-8(4-9)10-6-11/h5-6H,2-3,7H2,1H3/p+1. The van der Waals surface area contributed by atoms with Crippen LogP contribution in [0, 0.1) is 11.3 Å². The molecule has 0 unspecified atom stereocenters. The Bertz CT molecular complexity index is 292. The van der Waals surface area contributed by atoms with Crippen molar-refractivity contribution in [1.29, 1.82) is 5.26 Å². The van der Waals surface area contributed by atoms with E-state index < -0.39 is 0 Å². The van der Waals surface area contributed by atoms with E-state index in [0.717, 1.165) is 12.4 Å². The second-order valence-electron chi connectivity index (χ2n) is 2.46. The number of imidazole rings is 1. The Morgan fingerprint density at radius 3 is 3.23 bits per heavy atom. The Kier molecular flexibility index (Phi) is 4.36. The molecule has 0 bridgehead atoms. The van der Waals surface area contributed by atoms with Crippen LogP contribution in [-0.2, 0) is 23.2 Å². The van der Waals surface area contributed by atoms with Gasteiger partial charge in [-0.1, -0.05) is 0 Å². The highest BCUT2D eigenvalue weighted by Gasteiger charge is 1.96. The number of hydrogen-bond donors (Lipinski definition) is 0. The minimum Gasteiger partial charge on any atom is -0.356 e. The fourth-order valence-corrected chi connectivity index (χ4v) is 1.13. The molecule has 0 radical (unpaired) electrons. The molecule has 0 aromatic carbocycles. The van der Waals surface area contributed by atoms with Crippen molar-refractivity contribution in [3.8, 4) is 6.07 Å². The van der Waals surface area contributed by atoms with Gasteiger partial charge in [0.1, 0.15) is 18.6 Å². The van der Waals surface area contributed by atoms with Crippen LogP contribution in [0.2, 0.25) is 0 Å². The summed E-state index contributed by atoms with van der Waals surface area (Å²) in [5, 5.41) is 8.49. The van der Waals surface area contributed by atoms with Crippen LogP contribution in [0.5, 0.6) is 0 Å². The molecule has 0 aliphatic heterocycles. The zero-order chi connectivity index (χ0) is 9.52. The molecule has 0 aliphatic rings. The first kappa shape index (κ1) is 10.1. The predicted molar refractivity (Wildman–Crippen MR) is 52.4 cm³/mol. The van der Waals surface area contributed by atoms with E-state index in [2.05, 4.69) is 11.2 Å². The van der Waals surface area contributed by atoms with Crippen molar-refractivity contribution in [2.24, 2.45) is 0 Å². The third-order valence-corrected chi connectivity index (χ3v) is 2.08. The predicted octanol–water partition coefficient (Wildman–Crippen LogP) is 0.174. The first-order valence-corrected chi connectivity index (χ1v) is 5.44. The van der Waals surface area contributed by atoms with Crippen molar-refractivity contribution in [3.05, 3.63) is 18.2 Å². The molecule has 70 valence electrons. The number of ether oxygens (including phenoxy) is 1. The number of nitriles is 1. The smallest absolute Gasteiger partial charge is 0.158 e. The highest BCUT2D eigenvalue weighted by molar-refractivity contribution is 7.77. The van der Waals surface area contributed by atoms with Crippen molar-refractivity contribution in [2.45, 2.75) is 6.73 Å². The van der Waals surface area contributed by atoms with Gasteiger partial charge in [-0.25, -0.2) is 4.98 Å². The summed E-state index contributed by atoms with van der Waals surface area (Å²) in [4.78, 5) is 3.85. The van der Waals surface area contributed by atoms with Crippen LogP contribution < -0.4 is 0 Å². The molecular formula is C8H12N3OS+. The number of aromatic nitrogens is 2. The van der Waals surface area contributed by atoms with Crippen LogP contribution in [0.3, 0.4) is 0 Å². The molecule has 1 aromatic heterocycles. The van der Waals surface area contributed by atoms with Crippen LogP contribution >= 0.6 is 0 Å². The van der Waals surface area contributed by atoms with E-state index in [1.54, 1.807) is 17.1 Å². The van der Waals surface area contributed by atoms with Gasteiger partial charge in [0.25, 0.3) is 0 Å². The van der Waals surface area contributed by atoms with Crippen LogP contribution in [0.1, 0.15) is 5.69 Å². The summed E-state index contributed by atoms with van der Waals surface area (Å²) < 4.78 is 7.08. The summed E-state index contributed by atoms with van der Waals surface area (Å²) in [7, 11) is 0. The maximum atomic E-state index is 8.49. The average molecular weight is 198 g/mol. The molecular weight excluding hydrogens is 186 g/mol. The van der Waals surface area contributed by atoms with E-state index in [-0.39, 0.29) is 0 Å². The van der Waals surface area contributed by atoms with Gasteiger partial charge in [-0.2, -0.15) is 5.26 Å². The molecule has 0 amide bonds. The number of rotatable bonds is 5. The first-order valence-electron chi connectivity index (χ1n) is 3.92. The topological polar surface area (TPSA) is 50.8 Å². The third kappa shape index (κ3) is 3.49. The summed E-state index contributed by atoms with van der Waals surface area (Å²) in [5.74, 6) is 1.04. The van der Waals surface area contributed by atoms with E-state index in [1.165, 1.54) is 11.8 Å². The van der Waals surface area contributed by atoms with Crippen molar-refractivity contribution >= 4 is 11.8 Å². The van der Waals surface area contributed by atoms with Gasteiger partial charge in [0.05, 0.1) is 19.2 Å². The average Bonchev–Trinajstić information content (AvgIpc) is 2.60. The molecule has 5 heteroatoms. The lowest BCUT2D eigenvalue weighted by atomic mass is 10.5. The van der Waals surface area contributed by atoms with Gasteiger partial charge >= 0.3 is 0 Å². The SMILES string of the molecule is C[SH+]CCOCn1cnc(C#N)c1. The molecule has 0 fully saturated rings. The Hall–Kier alpha value is -0.990. The molecule has 1 rings (SSSR count). The van der Waals surface area contributed by atoms with E-state index >= 15 is 0 Å². The van der Waals surface area contributed by atoms with Crippen molar-refractivity contribution in [2.75, 3.05) is 18.6 Å². The van der Waals surface area contributed by atoms with E-state index in [1.807, 2.05) is 6.07 Å². The van der Waals surface area contributed by atoms with Gasteiger partial charge in [-0.05, 0) is 11.8 Å². The van der Waals surface area contributed by atoms with E-state index in [9.17, 15) is 0 Å². The Balaban J connectivity index is 2.25. The van der Waals surface area contributed by atoms with Gasteiger partial charge in [0.2, 0.25) is 0 Å². The minimum absolute atomic E-state index is 0.428. The van der Waals surface area contributed by atoms with Crippen LogP contribution in [0.15, 0.2) is 12.5 Å². The van der Waals surface area contributed by atoms with Gasteiger partial charge < -0.3 is 9.30 Å². The Labute approximate surface area is 81.5 Å². The van der Waals surface area contributed by atoms with Crippen LogP contribution in [0.25, 0.3) is 0 Å². The number of hydrogen-bond acceptors (Lipinski definition) is 3. The van der Waals surface area contributed by atoms with E-state index in [4.69, 9.17) is 10.00 Å². The maximum absolute atomic E-state index is 8.49. The van der Waals surface area contributed by atoms with Gasteiger partial charge in [-0.15, -0.1) is 0 Å². The molecule has 0 atom stereocenters. The molecule has 0 aliphatic carbocycles. The fourth-order valence-electron chi connectivity index (χ4n) is 0.814. The lowest BCUT2D eigenvalue weighted by molar-refractivity contribution is 0.0898. The van der Waals surface area contributed by atoms with Gasteiger partial charge in [-0.3, -0.25) is 0 Å². The fraction of sp³-hybridized carbons (Fsp3) is 0.500. The normalized spacial score (nSPS) is 9.85. The monoisotopic (exact) mass is 198 g/mol. The molecule has 0 saturated carbocycles. The van der Waals surface area contributed by atoms with Crippen LogP contribution in [0.4, 0.5) is 0 Å². The van der Waals surface area contributed by atoms with E-state index in [0.29, 0.717) is 12.4 Å². The second-order valence-corrected chi connectivity index (χ2v) is 3.54. The third-order valence-electron chi connectivity index (χ3n) is 1.45.